The van der Waals surface area contributed by atoms with Crippen molar-refractivity contribution in [1.82, 2.24) is 4.98 Å². The minimum Gasteiger partial charge on any atom is -0.387 e. The summed E-state index contributed by atoms with van der Waals surface area (Å²) in [5.41, 5.74) is 2.74. The van der Waals surface area contributed by atoms with E-state index in [0.717, 1.165) is 30.0 Å². The molecule has 0 saturated carbocycles. The second-order valence-corrected chi connectivity index (χ2v) is 4.61. The Morgan fingerprint density at radius 1 is 1.71 bits per heavy atom. The molecule has 2 heterocycles. The van der Waals surface area contributed by atoms with Crippen molar-refractivity contribution < 1.29 is 9.84 Å². The van der Waals surface area contributed by atoms with Crippen molar-refractivity contribution in [3.63, 3.8) is 0 Å². The Balaban J connectivity index is 2.07. The Labute approximate surface area is 87.7 Å². The number of aliphatic hydroxyl groups excluding tert-OH is 1. The first-order valence-electron chi connectivity index (χ1n) is 4.95. The number of hydrogen-bond donors (Lipinski definition) is 1. The van der Waals surface area contributed by atoms with Crippen LogP contribution in [0.3, 0.4) is 0 Å². The fourth-order valence-corrected chi connectivity index (χ4v) is 2.70. The van der Waals surface area contributed by atoms with Gasteiger partial charge in [-0.2, -0.15) is 0 Å². The summed E-state index contributed by atoms with van der Waals surface area (Å²) in [7, 11) is 0. The van der Waals surface area contributed by atoms with Crippen molar-refractivity contribution in [2.45, 2.75) is 25.9 Å². The molecule has 2 atom stereocenters. The highest BCUT2D eigenvalue weighted by atomic mass is 32.1. The molecule has 1 fully saturated rings. The number of rotatable bonds is 2. The molecule has 0 amide bonds. The number of aliphatic hydroxyl groups is 1. The molecule has 1 aliphatic heterocycles. The predicted molar refractivity (Wildman–Crippen MR) is 55.4 cm³/mol. The molecule has 78 valence electrons. The number of aromatic nitrogens is 1. The zero-order valence-corrected chi connectivity index (χ0v) is 9.09. The van der Waals surface area contributed by atoms with Crippen molar-refractivity contribution in [1.29, 1.82) is 0 Å². The third-order valence-electron chi connectivity index (χ3n) is 2.69. The molecule has 0 radical (unpaired) electrons. The van der Waals surface area contributed by atoms with Gasteiger partial charge in [-0.1, -0.05) is 0 Å². The van der Waals surface area contributed by atoms with Gasteiger partial charge in [0.05, 0.1) is 28.8 Å². The van der Waals surface area contributed by atoms with Gasteiger partial charge in [-0.15, -0.1) is 11.3 Å². The van der Waals surface area contributed by atoms with Gasteiger partial charge >= 0.3 is 0 Å². The highest BCUT2D eigenvalue weighted by molar-refractivity contribution is 7.09. The van der Waals surface area contributed by atoms with Crippen molar-refractivity contribution in [2.75, 3.05) is 13.2 Å². The topological polar surface area (TPSA) is 42.4 Å². The SMILES string of the molecule is Cc1ncsc1C(O)C1CCCOC1. The van der Waals surface area contributed by atoms with Gasteiger partial charge in [-0.05, 0) is 19.8 Å². The molecule has 4 heteroatoms. The zero-order chi connectivity index (χ0) is 9.97. The first-order chi connectivity index (χ1) is 6.79. The summed E-state index contributed by atoms with van der Waals surface area (Å²) in [5, 5.41) is 10.1. The van der Waals surface area contributed by atoms with E-state index in [0.29, 0.717) is 6.61 Å². The molecule has 1 N–H and O–H groups in total. The monoisotopic (exact) mass is 213 g/mol. The first kappa shape index (κ1) is 10.1. The van der Waals surface area contributed by atoms with Crippen LogP contribution in [0.2, 0.25) is 0 Å². The number of thiazole rings is 1. The smallest absolute Gasteiger partial charge is 0.0950 e. The van der Waals surface area contributed by atoms with E-state index in [-0.39, 0.29) is 12.0 Å². The van der Waals surface area contributed by atoms with E-state index in [2.05, 4.69) is 4.98 Å². The lowest BCUT2D eigenvalue weighted by atomic mass is 9.94. The Kier molecular flexibility index (Phi) is 3.15. The molecule has 2 unspecified atom stereocenters. The predicted octanol–water partition coefficient (Wildman–Crippen LogP) is 1.91. The summed E-state index contributed by atoms with van der Waals surface area (Å²) in [4.78, 5) is 5.15. The molecule has 0 bridgehead atoms. The second-order valence-electron chi connectivity index (χ2n) is 3.72. The number of hydrogen-bond acceptors (Lipinski definition) is 4. The van der Waals surface area contributed by atoms with Gasteiger partial charge in [0.25, 0.3) is 0 Å². The molecular formula is C10H15NO2S. The normalized spacial score (nSPS) is 24.9. The van der Waals surface area contributed by atoms with Crippen LogP contribution in [-0.2, 0) is 4.74 Å². The fraction of sp³-hybridized carbons (Fsp3) is 0.700. The van der Waals surface area contributed by atoms with Crippen LogP contribution in [0, 0.1) is 12.8 Å². The summed E-state index contributed by atoms with van der Waals surface area (Å²) in [5.74, 6) is 0.253. The Hall–Kier alpha value is -0.450. The molecular weight excluding hydrogens is 198 g/mol. The summed E-state index contributed by atoms with van der Waals surface area (Å²) in [6.07, 6.45) is 1.72. The maximum absolute atomic E-state index is 10.1. The largest absolute Gasteiger partial charge is 0.387 e. The fourth-order valence-electron chi connectivity index (χ4n) is 1.82. The number of ether oxygens (including phenoxy) is 1. The minimum atomic E-state index is -0.386. The van der Waals surface area contributed by atoms with Crippen LogP contribution in [0.1, 0.15) is 29.5 Å². The van der Waals surface area contributed by atoms with Gasteiger partial charge in [0.15, 0.2) is 0 Å². The van der Waals surface area contributed by atoms with Gasteiger partial charge in [0.2, 0.25) is 0 Å². The molecule has 1 aromatic heterocycles. The molecule has 1 saturated heterocycles. The quantitative estimate of drug-likeness (QED) is 0.816. The van der Waals surface area contributed by atoms with Crippen LogP contribution < -0.4 is 0 Å². The zero-order valence-electron chi connectivity index (χ0n) is 8.27. The van der Waals surface area contributed by atoms with Crippen LogP contribution in [0.25, 0.3) is 0 Å². The van der Waals surface area contributed by atoms with Crippen LogP contribution in [-0.4, -0.2) is 23.3 Å². The van der Waals surface area contributed by atoms with Gasteiger partial charge in [0, 0.05) is 12.5 Å². The first-order valence-corrected chi connectivity index (χ1v) is 5.83. The Morgan fingerprint density at radius 2 is 2.57 bits per heavy atom. The molecule has 0 aliphatic carbocycles. The molecule has 1 aliphatic rings. The number of nitrogens with zero attached hydrogens (tertiary/aromatic N) is 1. The Morgan fingerprint density at radius 3 is 3.14 bits per heavy atom. The van der Waals surface area contributed by atoms with Crippen molar-refractivity contribution in [2.24, 2.45) is 5.92 Å². The van der Waals surface area contributed by atoms with Crippen LogP contribution >= 0.6 is 11.3 Å². The van der Waals surface area contributed by atoms with Crippen molar-refractivity contribution in [3.05, 3.63) is 16.1 Å². The maximum Gasteiger partial charge on any atom is 0.0950 e. The van der Waals surface area contributed by atoms with E-state index in [1.807, 2.05) is 6.92 Å². The average Bonchev–Trinajstić information content (AvgIpc) is 2.65. The van der Waals surface area contributed by atoms with E-state index in [9.17, 15) is 5.11 Å². The standard InChI is InChI=1S/C10H15NO2S/c1-7-10(14-6-11-7)9(12)8-3-2-4-13-5-8/h6,8-9,12H,2-5H2,1H3. The molecule has 0 aromatic carbocycles. The van der Waals surface area contributed by atoms with Crippen molar-refractivity contribution >= 4 is 11.3 Å². The number of aryl methyl sites for hydroxylation is 1. The van der Waals surface area contributed by atoms with Crippen molar-refractivity contribution in [3.8, 4) is 0 Å². The van der Waals surface area contributed by atoms with E-state index in [1.54, 1.807) is 5.51 Å². The summed E-state index contributed by atoms with van der Waals surface area (Å²) in [6.45, 7) is 3.46. The lowest BCUT2D eigenvalue weighted by molar-refractivity contribution is -0.00890. The van der Waals surface area contributed by atoms with Crippen LogP contribution in [0.5, 0.6) is 0 Å². The Bertz CT molecular complexity index is 294. The molecule has 1 aromatic rings. The van der Waals surface area contributed by atoms with E-state index >= 15 is 0 Å². The van der Waals surface area contributed by atoms with E-state index in [1.165, 1.54) is 11.3 Å². The van der Waals surface area contributed by atoms with Gasteiger partial charge in [-0.3, -0.25) is 0 Å². The van der Waals surface area contributed by atoms with Gasteiger partial charge in [0.1, 0.15) is 0 Å². The van der Waals surface area contributed by atoms with Gasteiger partial charge < -0.3 is 9.84 Å². The molecule has 3 nitrogen and oxygen atoms in total. The van der Waals surface area contributed by atoms with Crippen LogP contribution in [0.4, 0.5) is 0 Å². The summed E-state index contributed by atoms with van der Waals surface area (Å²) >= 11 is 1.53. The third kappa shape index (κ3) is 1.97. The highest BCUT2D eigenvalue weighted by Gasteiger charge is 2.25. The lowest BCUT2D eigenvalue weighted by Crippen LogP contribution is -2.23. The minimum absolute atomic E-state index is 0.253. The van der Waals surface area contributed by atoms with E-state index in [4.69, 9.17) is 4.74 Å². The molecule has 2 rings (SSSR count). The summed E-state index contributed by atoms with van der Waals surface area (Å²) < 4.78 is 5.37. The highest BCUT2D eigenvalue weighted by Crippen LogP contribution is 2.32. The van der Waals surface area contributed by atoms with E-state index < -0.39 is 0 Å². The summed E-state index contributed by atoms with van der Waals surface area (Å²) in [6, 6.07) is 0. The maximum atomic E-state index is 10.1. The lowest BCUT2D eigenvalue weighted by Gasteiger charge is -2.26. The van der Waals surface area contributed by atoms with Crippen LogP contribution in [0.15, 0.2) is 5.51 Å². The average molecular weight is 213 g/mol. The molecule has 14 heavy (non-hydrogen) atoms. The second kappa shape index (κ2) is 4.38. The molecule has 0 spiro atoms. The third-order valence-corrected chi connectivity index (χ3v) is 3.69. The van der Waals surface area contributed by atoms with Gasteiger partial charge in [-0.25, -0.2) is 4.98 Å².